The first-order valence-corrected chi connectivity index (χ1v) is 3.71. The number of aliphatic imine (C=N–C) groups is 1. The van der Waals surface area contributed by atoms with Crippen LogP contribution in [0.4, 0.5) is 0 Å². The molecule has 1 heterocycles. The molecule has 0 aliphatic carbocycles. The Labute approximate surface area is 66.5 Å². The lowest BCUT2D eigenvalue weighted by Gasteiger charge is -2.13. The molecule has 60 valence electrons. The van der Waals surface area contributed by atoms with E-state index in [1.807, 2.05) is 7.05 Å². The zero-order chi connectivity index (χ0) is 8.10. The number of nitrogens with zero attached hydrogens (tertiary/aromatic N) is 3. The summed E-state index contributed by atoms with van der Waals surface area (Å²) in [5, 5.41) is 11.3. The Bertz CT molecular complexity index is 191. The molecule has 4 nitrogen and oxygen atoms in total. The normalized spacial score (nSPS) is 16.0. The molecule has 0 fully saturated rings. The topological polar surface area (TPSA) is 51.4 Å². The second kappa shape index (κ2) is 3.81. The van der Waals surface area contributed by atoms with E-state index in [1.54, 1.807) is 0 Å². The molecule has 0 aromatic heterocycles. The summed E-state index contributed by atoms with van der Waals surface area (Å²) in [6, 6.07) is 2.07. The second-order valence-electron chi connectivity index (χ2n) is 2.46. The minimum absolute atomic E-state index is 0.535. The Balaban J connectivity index is 2.21. The summed E-state index contributed by atoms with van der Waals surface area (Å²) in [5.41, 5.74) is 0. The largest absolute Gasteiger partial charge is 0.355 e. The molecule has 0 atom stereocenters. The lowest BCUT2D eigenvalue weighted by atomic mass is 10.5. The van der Waals surface area contributed by atoms with Crippen LogP contribution in [0.2, 0.25) is 0 Å². The van der Waals surface area contributed by atoms with Gasteiger partial charge >= 0.3 is 0 Å². The van der Waals surface area contributed by atoms with Crippen molar-refractivity contribution in [1.29, 1.82) is 5.26 Å². The monoisotopic (exact) mass is 152 g/mol. The summed E-state index contributed by atoms with van der Waals surface area (Å²) >= 11 is 0. The molecule has 1 N–H and O–H groups in total. The van der Waals surface area contributed by atoms with Gasteiger partial charge in [0.15, 0.2) is 5.96 Å². The van der Waals surface area contributed by atoms with E-state index in [0.717, 1.165) is 19.0 Å². The maximum absolute atomic E-state index is 8.26. The molecule has 0 bridgehead atoms. The summed E-state index contributed by atoms with van der Waals surface area (Å²) in [5.74, 6) is 0.917. The summed E-state index contributed by atoms with van der Waals surface area (Å²) in [6.07, 6.45) is 0.535. The molecular weight excluding hydrogens is 140 g/mol. The number of nitriles is 1. The van der Waals surface area contributed by atoms with Crippen molar-refractivity contribution in [2.24, 2.45) is 4.99 Å². The molecule has 0 saturated heterocycles. The van der Waals surface area contributed by atoms with E-state index in [9.17, 15) is 0 Å². The third-order valence-electron chi connectivity index (χ3n) is 1.58. The van der Waals surface area contributed by atoms with Gasteiger partial charge in [0.1, 0.15) is 0 Å². The predicted octanol–water partition coefficient (Wildman–Crippen LogP) is -0.209. The molecule has 1 aliphatic rings. The Hall–Kier alpha value is -1.24. The Morgan fingerprint density at radius 3 is 3.18 bits per heavy atom. The minimum atomic E-state index is 0.535. The fourth-order valence-corrected chi connectivity index (χ4v) is 0.954. The fraction of sp³-hybridized carbons (Fsp3) is 0.714. The lowest BCUT2D eigenvalue weighted by Crippen LogP contribution is -2.35. The average Bonchev–Trinajstić information content (AvgIpc) is 2.37. The molecule has 0 unspecified atom stereocenters. The van der Waals surface area contributed by atoms with Crippen LogP contribution >= 0.6 is 0 Å². The van der Waals surface area contributed by atoms with Gasteiger partial charge < -0.3 is 10.2 Å². The third kappa shape index (κ3) is 2.11. The van der Waals surface area contributed by atoms with E-state index in [4.69, 9.17) is 5.26 Å². The molecule has 0 radical (unpaired) electrons. The van der Waals surface area contributed by atoms with Crippen molar-refractivity contribution in [2.45, 2.75) is 6.42 Å². The van der Waals surface area contributed by atoms with Crippen molar-refractivity contribution in [3.8, 4) is 6.07 Å². The maximum Gasteiger partial charge on any atom is 0.193 e. The van der Waals surface area contributed by atoms with Crippen LogP contribution in [0.5, 0.6) is 0 Å². The number of likely N-dealkylation sites (N-methyl/N-ethyl adjacent to an activating group) is 1. The van der Waals surface area contributed by atoms with Crippen LogP contribution in [0, 0.1) is 11.3 Å². The minimum Gasteiger partial charge on any atom is -0.355 e. The molecule has 4 heteroatoms. The number of rotatable bonds is 2. The van der Waals surface area contributed by atoms with Gasteiger partial charge in [-0.1, -0.05) is 0 Å². The highest BCUT2D eigenvalue weighted by atomic mass is 15.3. The van der Waals surface area contributed by atoms with Crippen molar-refractivity contribution in [3.63, 3.8) is 0 Å². The lowest BCUT2D eigenvalue weighted by molar-refractivity contribution is 0.535. The number of hydrogen-bond donors (Lipinski definition) is 1. The Morgan fingerprint density at radius 2 is 2.64 bits per heavy atom. The molecule has 0 amide bonds. The second-order valence-corrected chi connectivity index (χ2v) is 2.46. The van der Waals surface area contributed by atoms with Crippen molar-refractivity contribution >= 4 is 5.96 Å². The van der Waals surface area contributed by atoms with Crippen molar-refractivity contribution in [2.75, 3.05) is 26.7 Å². The zero-order valence-electron chi connectivity index (χ0n) is 6.67. The predicted molar refractivity (Wildman–Crippen MR) is 43.2 cm³/mol. The molecule has 0 aromatic rings. The highest BCUT2D eigenvalue weighted by molar-refractivity contribution is 5.81. The smallest absolute Gasteiger partial charge is 0.193 e. The van der Waals surface area contributed by atoms with Crippen molar-refractivity contribution in [3.05, 3.63) is 0 Å². The Kier molecular flexibility index (Phi) is 2.73. The van der Waals surface area contributed by atoms with Crippen LogP contribution < -0.4 is 5.32 Å². The Morgan fingerprint density at radius 1 is 1.82 bits per heavy atom. The molecule has 1 aliphatic heterocycles. The fourth-order valence-electron chi connectivity index (χ4n) is 0.954. The van der Waals surface area contributed by atoms with Crippen LogP contribution in [-0.4, -0.2) is 37.5 Å². The number of nitrogens with one attached hydrogen (secondary N) is 1. The SMILES string of the molecule is CN1CCN=C1NCCC#N. The van der Waals surface area contributed by atoms with Crippen LogP contribution in [0.15, 0.2) is 4.99 Å². The number of hydrogen-bond acceptors (Lipinski definition) is 4. The summed E-state index contributed by atoms with van der Waals surface area (Å²) < 4.78 is 0. The van der Waals surface area contributed by atoms with Crippen molar-refractivity contribution < 1.29 is 0 Å². The molecule has 0 saturated carbocycles. The van der Waals surface area contributed by atoms with Crippen LogP contribution in [0.3, 0.4) is 0 Å². The first kappa shape index (κ1) is 7.86. The van der Waals surface area contributed by atoms with Gasteiger partial charge in [0.25, 0.3) is 0 Å². The van der Waals surface area contributed by atoms with Gasteiger partial charge in [-0.2, -0.15) is 5.26 Å². The van der Waals surface area contributed by atoms with Crippen LogP contribution in [-0.2, 0) is 0 Å². The van der Waals surface area contributed by atoms with Gasteiger partial charge in [0, 0.05) is 20.1 Å². The van der Waals surface area contributed by atoms with E-state index >= 15 is 0 Å². The van der Waals surface area contributed by atoms with Gasteiger partial charge in [-0.3, -0.25) is 4.99 Å². The van der Waals surface area contributed by atoms with E-state index in [-0.39, 0.29) is 0 Å². The molecule has 1 rings (SSSR count). The van der Waals surface area contributed by atoms with Crippen LogP contribution in [0.25, 0.3) is 0 Å². The van der Waals surface area contributed by atoms with E-state index in [1.165, 1.54) is 0 Å². The molecule has 11 heavy (non-hydrogen) atoms. The first-order chi connectivity index (χ1) is 5.34. The third-order valence-corrected chi connectivity index (χ3v) is 1.58. The van der Waals surface area contributed by atoms with E-state index in [0.29, 0.717) is 13.0 Å². The van der Waals surface area contributed by atoms with Gasteiger partial charge in [-0.05, 0) is 0 Å². The summed E-state index contributed by atoms with van der Waals surface area (Å²) in [6.45, 7) is 2.54. The zero-order valence-corrected chi connectivity index (χ0v) is 6.67. The molecule has 0 spiro atoms. The standard InChI is InChI=1S/C7H12N4/c1-11-6-5-10-7(11)9-4-2-3-8/h2,4-6H2,1H3,(H,9,10). The van der Waals surface area contributed by atoms with E-state index in [2.05, 4.69) is 21.3 Å². The highest BCUT2D eigenvalue weighted by Gasteiger charge is 2.10. The van der Waals surface area contributed by atoms with E-state index < -0.39 is 0 Å². The average molecular weight is 152 g/mol. The summed E-state index contributed by atoms with van der Waals surface area (Å²) in [7, 11) is 1.99. The van der Waals surface area contributed by atoms with Gasteiger partial charge in [-0.15, -0.1) is 0 Å². The van der Waals surface area contributed by atoms with Gasteiger partial charge in [0.2, 0.25) is 0 Å². The number of guanidine groups is 1. The van der Waals surface area contributed by atoms with Gasteiger partial charge in [-0.25, -0.2) is 0 Å². The maximum atomic E-state index is 8.26. The quantitative estimate of drug-likeness (QED) is 0.557. The molecule has 0 aromatic carbocycles. The highest BCUT2D eigenvalue weighted by Crippen LogP contribution is 1.94. The van der Waals surface area contributed by atoms with Gasteiger partial charge in [0.05, 0.1) is 19.0 Å². The van der Waals surface area contributed by atoms with Crippen molar-refractivity contribution in [1.82, 2.24) is 10.2 Å². The van der Waals surface area contributed by atoms with Crippen LogP contribution in [0.1, 0.15) is 6.42 Å². The molecular formula is C7H12N4. The first-order valence-electron chi connectivity index (χ1n) is 3.71. The summed E-state index contributed by atoms with van der Waals surface area (Å²) in [4.78, 5) is 6.26.